The Balaban J connectivity index is 1.52. The summed E-state index contributed by atoms with van der Waals surface area (Å²) >= 11 is 0. The molecule has 0 spiro atoms. The molecule has 4 rings (SSSR count). The third-order valence-corrected chi connectivity index (χ3v) is 7.25. The first-order valence-electron chi connectivity index (χ1n) is 13.0. The lowest BCUT2D eigenvalue weighted by Crippen LogP contribution is -2.53. The number of likely N-dealkylation sites (tertiary alicyclic amines) is 2. The van der Waals surface area contributed by atoms with Gasteiger partial charge in [0.1, 0.15) is 17.6 Å². The number of nitrogens with zero attached hydrogens (tertiary/aromatic N) is 4. The summed E-state index contributed by atoms with van der Waals surface area (Å²) in [6.07, 6.45) is 0.740. The number of hydrogen-bond acceptors (Lipinski definition) is 7. The number of amides is 3. The van der Waals surface area contributed by atoms with E-state index >= 15 is 0 Å². The molecule has 0 bridgehead atoms. The van der Waals surface area contributed by atoms with Crippen LogP contribution in [0.5, 0.6) is 0 Å². The van der Waals surface area contributed by atoms with E-state index in [2.05, 4.69) is 5.32 Å². The fraction of sp³-hybridized carbons (Fsp3) is 0.429. The summed E-state index contributed by atoms with van der Waals surface area (Å²) in [5.41, 5.74) is 0.928. The molecule has 0 aliphatic carbocycles. The minimum Gasteiger partial charge on any atom is -0.378 e. The summed E-state index contributed by atoms with van der Waals surface area (Å²) in [4.78, 5) is 68.7. The second-order valence-corrected chi connectivity index (χ2v) is 10.6. The topological polar surface area (TPSA) is 133 Å². The number of hydrogen-bond donors (Lipinski definition) is 1. The van der Waals surface area contributed by atoms with Crippen molar-refractivity contribution in [1.29, 1.82) is 0 Å². The standard InChI is InChI=1S/C28H33N5O6/c1-17(2)15-21(29-26(35)18-9-11-19(12-10-18)30(3)4)28(37)31-14-13-23-25(31)24(34)16-32(23)27(36)20-7-5-6-8-22(20)33(38)39/h5-12,17,21,23,25H,13-16H2,1-4H3,(H,29,35). The van der Waals surface area contributed by atoms with Crippen LogP contribution in [0.3, 0.4) is 0 Å². The summed E-state index contributed by atoms with van der Waals surface area (Å²) in [7, 11) is 3.80. The predicted molar refractivity (Wildman–Crippen MR) is 145 cm³/mol. The Morgan fingerprint density at radius 2 is 1.74 bits per heavy atom. The minimum atomic E-state index is -0.852. The zero-order valence-corrected chi connectivity index (χ0v) is 22.5. The SMILES string of the molecule is CC(C)CC(NC(=O)c1ccc(N(C)C)cc1)C(=O)N1CCC2C1C(=O)CN2C(=O)c1ccccc1[N+](=O)[O-]. The van der Waals surface area contributed by atoms with Crippen LogP contribution in [0.15, 0.2) is 48.5 Å². The highest BCUT2D eigenvalue weighted by atomic mass is 16.6. The number of para-hydroxylation sites is 1. The maximum absolute atomic E-state index is 13.7. The molecule has 206 valence electrons. The van der Waals surface area contributed by atoms with Gasteiger partial charge in [0.25, 0.3) is 17.5 Å². The van der Waals surface area contributed by atoms with E-state index in [1.54, 1.807) is 12.1 Å². The number of nitro groups is 1. The molecule has 39 heavy (non-hydrogen) atoms. The zero-order valence-electron chi connectivity index (χ0n) is 22.5. The minimum absolute atomic E-state index is 0.0877. The average Bonchev–Trinajstić information content (AvgIpc) is 3.48. The van der Waals surface area contributed by atoms with Crippen molar-refractivity contribution in [3.05, 3.63) is 69.8 Å². The van der Waals surface area contributed by atoms with E-state index in [0.29, 0.717) is 18.4 Å². The summed E-state index contributed by atoms with van der Waals surface area (Å²) in [5.74, 6) is -1.58. The number of nitrogens with one attached hydrogen (secondary N) is 1. The first kappa shape index (κ1) is 27.7. The predicted octanol–water partition coefficient (Wildman–Crippen LogP) is 2.50. The highest BCUT2D eigenvalue weighted by Crippen LogP contribution is 2.33. The van der Waals surface area contributed by atoms with E-state index in [1.807, 2.05) is 45.0 Å². The van der Waals surface area contributed by atoms with E-state index in [-0.39, 0.29) is 47.9 Å². The van der Waals surface area contributed by atoms with Crippen LogP contribution in [0, 0.1) is 16.0 Å². The Labute approximate surface area is 226 Å². The molecule has 2 saturated heterocycles. The van der Waals surface area contributed by atoms with Crippen molar-refractivity contribution < 1.29 is 24.1 Å². The Hall–Kier alpha value is -4.28. The monoisotopic (exact) mass is 535 g/mol. The quantitative estimate of drug-likeness (QED) is 0.406. The number of nitro benzene ring substituents is 1. The number of Topliss-reactive ketones (excluding diaryl/α,β-unsaturated/α-hetero) is 1. The highest BCUT2D eigenvalue weighted by Gasteiger charge is 2.52. The third kappa shape index (κ3) is 5.62. The number of carbonyl (C=O) groups is 4. The van der Waals surface area contributed by atoms with Crippen LogP contribution >= 0.6 is 0 Å². The Bertz CT molecular complexity index is 1290. The number of anilines is 1. The van der Waals surface area contributed by atoms with Crippen molar-refractivity contribution in [3.8, 4) is 0 Å². The van der Waals surface area contributed by atoms with Crippen LogP contribution in [-0.2, 0) is 9.59 Å². The van der Waals surface area contributed by atoms with Crippen molar-refractivity contribution >= 4 is 34.9 Å². The molecule has 11 nitrogen and oxygen atoms in total. The molecule has 0 saturated carbocycles. The smallest absolute Gasteiger partial charge is 0.282 e. The molecular formula is C28H33N5O6. The van der Waals surface area contributed by atoms with E-state index < -0.39 is 29.0 Å². The maximum atomic E-state index is 13.7. The van der Waals surface area contributed by atoms with E-state index in [0.717, 1.165) is 5.69 Å². The Morgan fingerprint density at radius 1 is 1.08 bits per heavy atom. The molecule has 3 amide bonds. The van der Waals surface area contributed by atoms with Gasteiger partial charge in [0.2, 0.25) is 5.91 Å². The Kier molecular flexibility index (Phi) is 7.98. The molecule has 2 aromatic carbocycles. The van der Waals surface area contributed by atoms with Gasteiger partial charge in [-0.1, -0.05) is 26.0 Å². The molecule has 0 radical (unpaired) electrons. The lowest BCUT2D eigenvalue weighted by molar-refractivity contribution is -0.385. The van der Waals surface area contributed by atoms with Gasteiger partial charge in [0.05, 0.1) is 17.5 Å². The number of fused-ring (bicyclic) bond motifs is 1. The molecule has 1 N–H and O–H groups in total. The second kappa shape index (κ2) is 11.2. The summed E-state index contributed by atoms with van der Waals surface area (Å²) in [6, 6.07) is 10.4. The van der Waals surface area contributed by atoms with E-state index in [4.69, 9.17) is 0 Å². The number of benzene rings is 2. The van der Waals surface area contributed by atoms with Gasteiger partial charge >= 0.3 is 0 Å². The van der Waals surface area contributed by atoms with Crippen molar-refractivity contribution in [3.63, 3.8) is 0 Å². The number of ketones is 1. The van der Waals surface area contributed by atoms with Crippen LogP contribution in [0.1, 0.15) is 47.4 Å². The molecule has 2 heterocycles. The van der Waals surface area contributed by atoms with E-state index in [1.165, 1.54) is 34.1 Å². The number of rotatable bonds is 8. The van der Waals surface area contributed by atoms with Gasteiger partial charge in [0.15, 0.2) is 5.78 Å². The molecule has 2 aliphatic heterocycles. The molecule has 3 unspecified atom stereocenters. The van der Waals surface area contributed by atoms with Gasteiger partial charge in [-0.25, -0.2) is 0 Å². The molecule has 0 aromatic heterocycles. The molecular weight excluding hydrogens is 502 g/mol. The first-order valence-corrected chi connectivity index (χ1v) is 13.0. The molecule has 2 fully saturated rings. The van der Waals surface area contributed by atoms with Gasteiger partial charge in [-0.15, -0.1) is 0 Å². The fourth-order valence-electron chi connectivity index (χ4n) is 5.35. The van der Waals surface area contributed by atoms with Crippen LogP contribution in [0.2, 0.25) is 0 Å². The Morgan fingerprint density at radius 3 is 2.36 bits per heavy atom. The van der Waals surface area contributed by atoms with Crippen LogP contribution in [0.25, 0.3) is 0 Å². The normalized spacial score (nSPS) is 19.2. The van der Waals surface area contributed by atoms with Crippen molar-refractivity contribution in [2.45, 2.75) is 44.8 Å². The molecule has 2 aromatic rings. The second-order valence-electron chi connectivity index (χ2n) is 10.6. The third-order valence-electron chi connectivity index (χ3n) is 7.25. The molecule has 3 atom stereocenters. The van der Waals surface area contributed by atoms with Gasteiger partial charge in [-0.05, 0) is 49.1 Å². The maximum Gasteiger partial charge on any atom is 0.282 e. The average molecular weight is 536 g/mol. The lowest BCUT2D eigenvalue weighted by atomic mass is 10.0. The number of carbonyl (C=O) groups excluding carboxylic acids is 4. The van der Waals surface area contributed by atoms with Crippen molar-refractivity contribution in [2.75, 3.05) is 32.1 Å². The molecule has 11 heteroatoms. The summed E-state index contributed by atoms with van der Waals surface area (Å²) < 4.78 is 0. The van der Waals surface area contributed by atoms with Gasteiger partial charge in [-0.3, -0.25) is 29.3 Å². The zero-order chi connectivity index (χ0) is 28.4. The van der Waals surface area contributed by atoms with Crippen LogP contribution in [-0.4, -0.2) is 83.5 Å². The first-order chi connectivity index (χ1) is 18.5. The van der Waals surface area contributed by atoms with E-state index in [9.17, 15) is 29.3 Å². The highest BCUT2D eigenvalue weighted by molar-refractivity contribution is 6.05. The molecule has 2 aliphatic rings. The van der Waals surface area contributed by atoms with Gasteiger partial charge in [0, 0.05) is 38.0 Å². The summed E-state index contributed by atoms with van der Waals surface area (Å²) in [6.45, 7) is 3.89. The van der Waals surface area contributed by atoms with Crippen LogP contribution in [0.4, 0.5) is 11.4 Å². The lowest BCUT2D eigenvalue weighted by Gasteiger charge is -2.29. The van der Waals surface area contributed by atoms with Gasteiger partial charge < -0.3 is 20.0 Å². The fourth-order valence-corrected chi connectivity index (χ4v) is 5.35. The van der Waals surface area contributed by atoms with Crippen molar-refractivity contribution in [2.24, 2.45) is 5.92 Å². The van der Waals surface area contributed by atoms with Gasteiger partial charge in [-0.2, -0.15) is 0 Å². The van der Waals surface area contributed by atoms with Crippen molar-refractivity contribution in [1.82, 2.24) is 15.1 Å². The summed E-state index contributed by atoms with van der Waals surface area (Å²) in [5, 5.41) is 14.3. The van der Waals surface area contributed by atoms with Crippen LogP contribution < -0.4 is 10.2 Å². The largest absolute Gasteiger partial charge is 0.378 e.